The van der Waals surface area contributed by atoms with Gasteiger partial charge < -0.3 is 10.5 Å². The predicted octanol–water partition coefficient (Wildman–Crippen LogP) is 1.47. The lowest BCUT2D eigenvalue weighted by Gasteiger charge is -2.31. The lowest BCUT2D eigenvalue weighted by molar-refractivity contribution is 0.0869. The van der Waals surface area contributed by atoms with Gasteiger partial charge in [0.1, 0.15) is 0 Å². The second-order valence-corrected chi connectivity index (χ2v) is 4.32. The van der Waals surface area contributed by atoms with Crippen LogP contribution in [0.4, 0.5) is 0 Å². The Balaban J connectivity index is 2.35. The predicted molar refractivity (Wildman–Crippen MR) is 63.9 cm³/mol. The van der Waals surface area contributed by atoms with Gasteiger partial charge in [0.15, 0.2) is 0 Å². The summed E-state index contributed by atoms with van der Waals surface area (Å²) in [6, 6.07) is 0.709. The van der Waals surface area contributed by atoms with E-state index < -0.39 is 0 Å². The Labute approximate surface area is 94.0 Å². The Morgan fingerprint density at radius 1 is 1.33 bits per heavy atom. The van der Waals surface area contributed by atoms with E-state index >= 15 is 0 Å². The largest absolute Gasteiger partial charge is 0.380 e. The Bertz CT molecular complexity index is 164. The normalized spacial score (nSPS) is 26.4. The molecule has 0 aliphatic heterocycles. The Hall–Kier alpha value is -0.120. The van der Waals surface area contributed by atoms with Crippen LogP contribution in [-0.4, -0.2) is 43.8 Å². The number of hydrogen-bond donors (Lipinski definition) is 1. The Morgan fingerprint density at radius 2 is 2.13 bits per heavy atom. The quantitative estimate of drug-likeness (QED) is 0.652. The average molecular weight is 214 g/mol. The van der Waals surface area contributed by atoms with Crippen LogP contribution in [0.1, 0.15) is 33.1 Å². The van der Waals surface area contributed by atoms with Crippen LogP contribution in [0.5, 0.6) is 0 Å². The zero-order chi connectivity index (χ0) is 11.1. The van der Waals surface area contributed by atoms with Gasteiger partial charge in [0, 0.05) is 19.2 Å². The molecule has 2 N–H and O–H groups in total. The topological polar surface area (TPSA) is 38.5 Å². The van der Waals surface area contributed by atoms with Crippen molar-refractivity contribution in [2.24, 2.45) is 11.7 Å². The highest BCUT2D eigenvalue weighted by Gasteiger charge is 2.29. The van der Waals surface area contributed by atoms with Crippen LogP contribution in [0.15, 0.2) is 0 Å². The molecule has 1 fully saturated rings. The maximum absolute atomic E-state index is 5.81. The molecule has 90 valence electrons. The second kappa shape index (κ2) is 7.20. The third-order valence-electron chi connectivity index (χ3n) is 3.52. The minimum Gasteiger partial charge on any atom is -0.380 e. The third kappa shape index (κ3) is 3.74. The van der Waals surface area contributed by atoms with Gasteiger partial charge in [0.25, 0.3) is 0 Å². The molecular formula is C12H26N2O. The minimum absolute atomic E-state index is 0.709. The fraction of sp³-hybridized carbons (Fsp3) is 1.00. The highest BCUT2D eigenvalue weighted by Crippen LogP contribution is 2.28. The first-order valence-corrected chi connectivity index (χ1v) is 6.35. The average Bonchev–Trinajstić information content (AvgIpc) is 2.72. The lowest BCUT2D eigenvalue weighted by atomic mass is 10.0. The van der Waals surface area contributed by atoms with Crippen LogP contribution in [-0.2, 0) is 4.74 Å². The van der Waals surface area contributed by atoms with Gasteiger partial charge in [0.05, 0.1) is 6.61 Å². The highest BCUT2D eigenvalue weighted by atomic mass is 16.5. The molecule has 0 saturated heterocycles. The lowest BCUT2D eigenvalue weighted by Crippen LogP contribution is -2.42. The SMILES string of the molecule is CCOCCN(CC)C1CCCC1CN. The molecule has 0 aromatic carbocycles. The van der Waals surface area contributed by atoms with Gasteiger partial charge in [-0.05, 0) is 38.8 Å². The fourth-order valence-corrected chi connectivity index (χ4v) is 2.66. The maximum Gasteiger partial charge on any atom is 0.0593 e. The molecule has 2 unspecified atom stereocenters. The molecule has 0 amide bonds. The standard InChI is InChI=1S/C12H26N2O/c1-3-14(8-9-15-4-2)12-7-5-6-11(12)10-13/h11-12H,3-10,13H2,1-2H3. The van der Waals surface area contributed by atoms with E-state index in [1.807, 2.05) is 0 Å². The first kappa shape index (κ1) is 12.9. The van der Waals surface area contributed by atoms with E-state index in [0.717, 1.165) is 32.8 Å². The summed E-state index contributed by atoms with van der Waals surface area (Å²) in [5, 5.41) is 0. The van der Waals surface area contributed by atoms with Crippen molar-refractivity contribution >= 4 is 0 Å². The Kier molecular flexibility index (Phi) is 6.22. The van der Waals surface area contributed by atoms with Gasteiger partial charge in [-0.15, -0.1) is 0 Å². The molecule has 15 heavy (non-hydrogen) atoms. The van der Waals surface area contributed by atoms with Crippen molar-refractivity contribution in [2.75, 3.05) is 32.8 Å². The minimum atomic E-state index is 0.709. The maximum atomic E-state index is 5.81. The molecule has 2 atom stereocenters. The monoisotopic (exact) mass is 214 g/mol. The highest BCUT2D eigenvalue weighted by molar-refractivity contribution is 4.85. The number of nitrogens with zero attached hydrogens (tertiary/aromatic N) is 1. The van der Waals surface area contributed by atoms with E-state index in [9.17, 15) is 0 Å². The van der Waals surface area contributed by atoms with E-state index in [-0.39, 0.29) is 0 Å². The zero-order valence-corrected chi connectivity index (χ0v) is 10.2. The molecule has 3 heteroatoms. The molecule has 1 rings (SSSR count). The van der Waals surface area contributed by atoms with Crippen molar-refractivity contribution in [3.63, 3.8) is 0 Å². The fourth-order valence-electron chi connectivity index (χ4n) is 2.66. The summed E-state index contributed by atoms with van der Waals surface area (Å²) in [5.74, 6) is 0.714. The molecule has 1 saturated carbocycles. The van der Waals surface area contributed by atoms with Crippen molar-refractivity contribution in [3.05, 3.63) is 0 Å². The van der Waals surface area contributed by atoms with Crippen LogP contribution in [0, 0.1) is 5.92 Å². The number of nitrogens with two attached hydrogens (primary N) is 1. The summed E-state index contributed by atoms with van der Waals surface area (Å²) in [6.07, 6.45) is 3.98. The van der Waals surface area contributed by atoms with Crippen molar-refractivity contribution in [1.82, 2.24) is 4.90 Å². The van der Waals surface area contributed by atoms with Crippen molar-refractivity contribution < 1.29 is 4.74 Å². The molecular weight excluding hydrogens is 188 g/mol. The first-order chi connectivity index (χ1) is 7.33. The number of rotatable bonds is 7. The number of likely N-dealkylation sites (N-methyl/N-ethyl adjacent to an activating group) is 1. The summed E-state index contributed by atoms with van der Waals surface area (Å²) >= 11 is 0. The van der Waals surface area contributed by atoms with Crippen LogP contribution < -0.4 is 5.73 Å². The molecule has 0 spiro atoms. The summed E-state index contributed by atoms with van der Waals surface area (Å²) in [6.45, 7) is 8.99. The van der Waals surface area contributed by atoms with Crippen LogP contribution in [0.2, 0.25) is 0 Å². The number of hydrogen-bond acceptors (Lipinski definition) is 3. The van der Waals surface area contributed by atoms with Gasteiger partial charge in [-0.3, -0.25) is 4.90 Å². The van der Waals surface area contributed by atoms with Gasteiger partial charge in [-0.25, -0.2) is 0 Å². The second-order valence-electron chi connectivity index (χ2n) is 4.32. The van der Waals surface area contributed by atoms with Crippen molar-refractivity contribution in [1.29, 1.82) is 0 Å². The van der Waals surface area contributed by atoms with E-state index in [4.69, 9.17) is 10.5 Å². The molecule has 0 bridgehead atoms. The van der Waals surface area contributed by atoms with Crippen molar-refractivity contribution in [2.45, 2.75) is 39.2 Å². The van der Waals surface area contributed by atoms with E-state index in [0.29, 0.717) is 12.0 Å². The number of ether oxygens (including phenoxy) is 1. The van der Waals surface area contributed by atoms with Gasteiger partial charge >= 0.3 is 0 Å². The van der Waals surface area contributed by atoms with E-state index in [1.165, 1.54) is 19.3 Å². The van der Waals surface area contributed by atoms with Gasteiger partial charge in [0.2, 0.25) is 0 Å². The summed E-state index contributed by atoms with van der Waals surface area (Å²) < 4.78 is 5.42. The van der Waals surface area contributed by atoms with Gasteiger partial charge in [-0.2, -0.15) is 0 Å². The smallest absolute Gasteiger partial charge is 0.0593 e. The van der Waals surface area contributed by atoms with Gasteiger partial charge in [-0.1, -0.05) is 13.3 Å². The Morgan fingerprint density at radius 3 is 2.73 bits per heavy atom. The zero-order valence-electron chi connectivity index (χ0n) is 10.2. The van der Waals surface area contributed by atoms with Crippen molar-refractivity contribution in [3.8, 4) is 0 Å². The third-order valence-corrected chi connectivity index (χ3v) is 3.52. The van der Waals surface area contributed by atoms with Crippen LogP contribution in [0.3, 0.4) is 0 Å². The molecule has 0 radical (unpaired) electrons. The molecule has 0 heterocycles. The summed E-state index contributed by atoms with van der Waals surface area (Å²) in [7, 11) is 0. The molecule has 1 aliphatic carbocycles. The molecule has 1 aliphatic rings. The molecule has 3 nitrogen and oxygen atoms in total. The van der Waals surface area contributed by atoms with Crippen LogP contribution >= 0.6 is 0 Å². The molecule has 0 aromatic rings. The van der Waals surface area contributed by atoms with E-state index in [2.05, 4.69) is 18.7 Å². The summed E-state index contributed by atoms with van der Waals surface area (Å²) in [4.78, 5) is 2.54. The van der Waals surface area contributed by atoms with E-state index in [1.54, 1.807) is 0 Å². The van der Waals surface area contributed by atoms with Crippen LogP contribution in [0.25, 0.3) is 0 Å². The summed E-state index contributed by atoms with van der Waals surface area (Å²) in [5.41, 5.74) is 5.81. The molecule has 0 aromatic heterocycles. The first-order valence-electron chi connectivity index (χ1n) is 6.35.